The van der Waals surface area contributed by atoms with Crippen molar-refractivity contribution in [2.45, 2.75) is 81.7 Å². The standard InChI is InChI=1S/C32H44N6O3S/c1-32(2,3)23-14-18-25(19-15-23)42(40,41)38-20-8-11-28(38)30(39)33-21-22-12-16-24(17-13-22)34-31-35-27-10-7-6-9-26(27)29(36-31)37(4)5/h6-7,9-10,14-15,18-19,22,24,28H,8,11-13,16-17,20-21H2,1-5H3,(H,33,39)(H,34,35,36)/t22?,24?,28-/m0/s1. The van der Waals surface area contributed by atoms with Crippen LogP contribution in [0.1, 0.15) is 64.9 Å². The molecular weight excluding hydrogens is 548 g/mol. The van der Waals surface area contributed by atoms with Gasteiger partial charge in [0.25, 0.3) is 0 Å². The van der Waals surface area contributed by atoms with Gasteiger partial charge in [0.2, 0.25) is 21.9 Å². The molecule has 2 heterocycles. The second kappa shape index (κ2) is 12.2. The number of anilines is 2. The monoisotopic (exact) mass is 592 g/mol. The summed E-state index contributed by atoms with van der Waals surface area (Å²) in [5, 5.41) is 7.65. The highest BCUT2D eigenvalue weighted by Crippen LogP contribution is 2.30. The summed E-state index contributed by atoms with van der Waals surface area (Å²) in [4.78, 5) is 25.0. The van der Waals surface area contributed by atoms with E-state index in [-0.39, 0.29) is 22.3 Å². The molecule has 1 aromatic heterocycles. The molecule has 1 aliphatic heterocycles. The van der Waals surface area contributed by atoms with Gasteiger partial charge in [0.15, 0.2) is 0 Å². The maximum atomic E-state index is 13.5. The quantitative estimate of drug-likeness (QED) is 0.382. The Morgan fingerprint density at radius 3 is 2.33 bits per heavy atom. The lowest BCUT2D eigenvalue weighted by Gasteiger charge is -2.30. The number of para-hydroxylation sites is 1. The predicted octanol–water partition coefficient (Wildman–Crippen LogP) is 4.93. The fraction of sp³-hybridized carbons (Fsp3) is 0.531. The zero-order valence-corrected chi connectivity index (χ0v) is 26.2. The maximum absolute atomic E-state index is 13.5. The highest BCUT2D eigenvalue weighted by atomic mass is 32.2. The molecule has 5 rings (SSSR count). The lowest BCUT2D eigenvalue weighted by Crippen LogP contribution is -2.47. The number of nitrogens with zero attached hydrogens (tertiary/aromatic N) is 4. The van der Waals surface area contributed by atoms with E-state index >= 15 is 0 Å². The Bertz CT molecular complexity index is 1510. The lowest BCUT2D eigenvalue weighted by molar-refractivity contribution is -0.124. The highest BCUT2D eigenvalue weighted by Gasteiger charge is 2.39. The van der Waals surface area contributed by atoms with Crippen molar-refractivity contribution in [2.75, 3.05) is 37.4 Å². The van der Waals surface area contributed by atoms with Crippen molar-refractivity contribution in [2.24, 2.45) is 5.92 Å². The van der Waals surface area contributed by atoms with Gasteiger partial charge in [0.05, 0.1) is 10.4 Å². The van der Waals surface area contributed by atoms with E-state index in [2.05, 4.69) is 31.4 Å². The van der Waals surface area contributed by atoms with Gasteiger partial charge in [-0.25, -0.2) is 13.4 Å². The number of rotatable bonds is 8. The molecule has 2 aromatic carbocycles. The van der Waals surface area contributed by atoms with Crippen LogP contribution in [-0.2, 0) is 20.2 Å². The molecule has 42 heavy (non-hydrogen) atoms. The fourth-order valence-corrected chi connectivity index (χ4v) is 7.73. The minimum Gasteiger partial charge on any atom is -0.362 e. The molecule has 0 spiro atoms. The largest absolute Gasteiger partial charge is 0.362 e. The Kier molecular flexibility index (Phi) is 8.76. The number of carbonyl (C=O) groups is 1. The summed E-state index contributed by atoms with van der Waals surface area (Å²) in [6.45, 7) is 7.22. The number of carbonyl (C=O) groups excluding carboxylic acids is 1. The Hall–Kier alpha value is -3.24. The molecule has 1 aliphatic carbocycles. The molecule has 1 atom stereocenters. The van der Waals surface area contributed by atoms with Gasteiger partial charge in [-0.05, 0) is 79.7 Å². The van der Waals surface area contributed by atoms with Gasteiger partial charge in [0, 0.05) is 38.6 Å². The Balaban J connectivity index is 1.14. The molecule has 0 unspecified atom stereocenters. The summed E-state index contributed by atoms with van der Waals surface area (Å²) in [5.41, 5.74) is 1.93. The Labute approximate surface area is 250 Å². The first kappa shape index (κ1) is 30.2. The third-order valence-corrected chi connectivity index (χ3v) is 10.5. The molecule has 10 heteroatoms. The molecule has 3 aromatic rings. The molecular formula is C32H44N6O3S. The molecule has 0 radical (unpaired) electrons. The second-order valence-electron chi connectivity index (χ2n) is 12.9. The summed E-state index contributed by atoms with van der Waals surface area (Å²) >= 11 is 0. The lowest BCUT2D eigenvalue weighted by atomic mass is 9.86. The van der Waals surface area contributed by atoms with Crippen LogP contribution in [0.15, 0.2) is 53.4 Å². The van der Waals surface area contributed by atoms with Crippen LogP contribution in [0.5, 0.6) is 0 Å². The van der Waals surface area contributed by atoms with Gasteiger partial charge in [-0.15, -0.1) is 0 Å². The first-order valence-electron chi connectivity index (χ1n) is 15.0. The van der Waals surface area contributed by atoms with Gasteiger partial charge < -0.3 is 15.5 Å². The summed E-state index contributed by atoms with van der Waals surface area (Å²) in [5.74, 6) is 1.70. The van der Waals surface area contributed by atoms with Gasteiger partial charge in [-0.3, -0.25) is 4.79 Å². The van der Waals surface area contributed by atoms with Crippen molar-refractivity contribution in [3.05, 3.63) is 54.1 Å². The number of nitrogens with one attached hydrogen (secondary N) is 2. The summed E-state index contributed by atoms with van der Waals surface area (Å²) in [6, 6.07) is 14.7. The van der Waals surface area contributed by atoms with Crippen molar-refractivity contribution < 1.29 is 13.2 Å². The smallest absolute Gasteiger partial charge is 0.243 e. The minimum absolute atomic E-state index is 0.0621. The van der Waals surface area contributed by atoms with Crippen LogP contribution in [0.2, 0.25) is 0 Å². The average Bonchev–Trinajstić information content (AvgIpc) is 3.47. The van der Waals surface area contributed by atoms with Crippen molar-refractivity contribution >= 4 is 38.6 Å². The molecule has 1 saturated heterocycles. The van der Waals surface area contributed by atoms with Crippen LogP contribution in [-0.4, -0.2) is 67.9 Å². The van der Waals surface area contributed by atoms with Crippen LogP contribution >= 0.6 is 0 Å². The molecule has 1 saturated carbocycles. The predicted molar refractivity (Wildman–Crippen MR) is 168 cm³/mol. The van der Waals surface area contributed by atoms with E-state index in [0.717, 1.165) is 48.0 Å². The zero-order chi connectivity index (χ0) is 30.1. The van der Waals surface area contributed by atoms with E-state index in [1.807, 2.05) is 55.4 Å². The van der Waals surface area contributed by atoms with E-state index in [9.17, 15) is 13.2 Å². The molecule has 2 N–H and O–H groups in total. The van der Waals surface area contributed by atoms with Crippen molar-refractivity contribution in [1.82, 2.24) is 19.6 Å². The van der Waals surface area contributed by atoms with Crippen LogP contribution < -0.4 is 15.5 Å². The number of hydrogen-bond acceptors (Lipinski definition) is 7. The first-order chi connectivity index (χ1) is 19.9. The SMILES string of the molecule is CN(C)c1nc(NC2CCC(CNC(=O)[C@@H]3CCCN3S(=O)(=O)c3ccc(C(C)(C)C)cc3)CC2)nc2ccccc12. The summed E-state index contributed by atoms with van der Waals surface area (Å²) in [6.07, 6.45) is 5.09. The molecule has 0 bridgehead atoms. The van der Waals surface area contributed by atoms with E-state index in [1.165, 1.54) is 4.31 Å². The van der Waals surface area contributed by atoms with Crippen molar-refractivity contribution in [3.8, 4) is 0 Å². The number of amides is 1. The number of fused-ring (bicyclic) bond motifs is 1. The Morgan fingerprint density at radius 1 is 0.976 bits per heavy atom. The number of hydrogen-bond donors (Lipinski definition) is 2. The number of aromatic nitrogens is 2. The van der Waals surface area contributed by atoms with E-state index < -0.39 is 16.1 Å². The molecule has 2 aliphatic rings. The van der Waals surface area contributed by atoms with Crippen molar-refractivity contribution in [1.29, 1.82) is 0 Å². The molecule has 1 amide bonds. The fourth-order valence-electron chi connectivity index (χ4n) is 6.07. The van der Waals surface area contributed by atoms with E-state index in [4.69, 9.17) is 9.97 Å². The number of sulfonamides is 1. The topological polar surface area (TPSA) is 108 Å². The second-order valence-corrected chi connectivity index (χ2v) is 14.8. The average molecular weight is 593 g/mol. The van der Waals surface area contributed by atoms with Gasteiger partial charge >= 0.3 is 0 Å². The Morgan fingerprint density at radius 2 is 1.67 bits per heavy atom. The van der Waals surface area contributed by atoms with Gasteiger partial charge in [0.1, 0.15) is 11.9 Å². The van der Waals surface area contributed by atoms with Crippen LogP contribution in [0, 0.1) is 5.92 Å². The third kappa shape index (κ3) is 6.54. The zero-order valence-electron chi connectivity index (χ0n) is 25.4. The molecule has 226 valence electrons. The van der Waals surface area contributed by atoms with Crippen LogP contribution in [0.25, 0.3) is 10.9 Å². The van der Waals surface area contributed by atoms with Crippen LogP contribution in [0.3, 0.4) is 0 Å². The molecule has 2 fully saturated rings. The summed E-state index contributed by atoms with van der Waals surface area (Å²) < 4.78 is 28.3. The van der Waals surface area contributed by atoms with Gasteiger partial charge in [-0.2, -0.15) is 9.29 Å². The first-order valence-corrected chi connectivity index (χ1v) is 16.5. The van der Waals surface area contributed by atoms with Gasteiger partial charge in [-0.1, -0.05) is 45.0 Å². The number of benzene rings is 2. The highest BCUT2D eigenvalue weighted by molar-refractivity contribution is 7.89. The normalized spacial score (nSPS) is 21.8. The third-order valence-electron chi connectivity index (χ3n) is 8.58. The van der Waals surface area contributed by atoms with Crippen molar-refractivity contribution in [3.63, 3.8) is 0 Å². The van der Waals surface area contributed by atoms with E-state index in [1.54, 1.807) is 12.1 Å². The molecule has 9 nitrogen and oxygen atoms in total. The maximum Gasteiger partial charge on any atom is 0.243 e. The van der Waals surface area contributed by atoms with Crippen LogP contribution in [0.4, 0.5) is 11.8 Å². The van der Waals surface area contributed by atoms with E-state index in [0.29, 0.717) is 37.8 Å². The summed E-state index contributed by atoms with van der Waals surface area (Å²) in [7, 11) is 0.229. The minimum atomic E-state index is -3.75.